The van der Waals surface area contributed by atoms with Gasteiger partial charge in [-0.25, -0.2) is 4.79 Å². The molecule has 5 nitrogen and oxygen atoms in total. The summed E-state index contributed by atoms with van der Waals surface area (Å²) >= 11 is 0. The predicted molar refractivity (Wildman–Crippen MR) is 67.0 cm³/mol. The van der Waals surface area contributed by atoms with Gasteiger partial charge in [-0.05, 0) is 18.6 Å². The first-order valence-electron chi connectivity index (χ1n) is 5.86. The van der Waals surface area contributed by atoms with Crippen LogP contribution >= 0.6 is 0 Å². The van der Waals surface area contributed by atoms with Gasteiger partial charge in [0, 0.05) is 0 Å². The Hall–Kier alpha value is -2.43. The van der Waals surface area contributed by atoms with Gasteiger partial charge in [0.1, 0.15) is 0 Å². The molecule has 0 radical (unpaired) electrons. The van der Waals surface area contributed by atoms with Crippen LogP contribution in [0.1, 0.15) is 34.1 Å². The molecule has 0 bridgehead atoms. The van der Waals surface area contributed by atoms with Crippen LogP contribution in [0.25, 0.3) is 0 Å². The van der Waals surface area contributed by atoms with Crippen molar-refractivity contribution in [1.82, 2.24) is 5.06 Å². The largest absolute Gasteiger partial charge is 0.336 e. The molecular weight excluding hydrogens is 246 g/mol. The van der Waals surface area contributed by atoms with Crippen LogP contribution in [0.2, 0.25) is 0 Å². The number of benzene rings is 1. The molecule has 2 amide bonds. The lowest BCUT2D eigenvalue weighted by Gasteiger charge is -2.15. The number of carbonyl (C=O) groups is 3. The Kier molecular flexibility index (Phi) is 3.46. The highest BCUT2D eigenvalue weighted by Gasteiger charge is 2.39. The second-order valence-electron chi connectivity index (χ2n) is 4.29. The second kappa shape index (κ2) is 5.06. The number of rotatable bonds is 4. The average molecular weight is 259 g/mol. The van der Waals surface area contributed by atoms with Gasteiger partial charge in [0.05, 0.1) is 17.0 Å². The monoisotopic (exact) mass is 259 g/mol. The number of hydroxylamine groups is 2. The van der Waals surface area contributed by atoms with E-state index < -0.39 is 23.7 Å². The Balaban J connectivity index is 2.16. The van der Waals surface area contributed by atoms with Crippen LogP contribution in [0.5, 0.6) is 0 Å². The summed E-state index contributed by atoms with van der Waals surface area (Å²) < 4.78 is 0. The molecule has 0 saturated carbocycles. The zero-order chi connectivity index (χ0) is 14.0. The Labute approximate surface area is 110 Å². The normalized spacial score (nSPS) is 15.1. The van der Waals surface area contributed by atoms with Crippen molar-refractivity contribution in [2.75, 3.05) is 0 Å². The maximum Gasteiger partial charge on any atom is 0.336 e. The molecule has 0 saturated heterocycles. The van der Waals surface area contributed by atoms with Crippen molar-refractivity contribution in [3.05, 3.63) is 48.0 Å². The molecule has 2 rings (SSSR count). The van der Waals surface area contributed by atoms with Crippen LogP contribution in [-0.4, -0.2) is 22.8 Å². The third-order valence-corrected chi connectivity index (χ3v) is 2.86. The summed E-state index contributed by atoms with van der Waals surface area (Å²) in [6.07, 6.45) is 2.00. The van der Waals surface area contributed by atoms with E-state index in [1.165, 1.54) is 12.1 Å². The number of allylic oxidation sites excluding steroid dienone is 1. The topological polar surface area (TPSA) is 63.7 Å². The Morgan fingerprint density at radius 3 is 2.32 bits per heavy atom. The molecule has 0 spiro atoms. The number of amides is 2. The molecule has 1 aromatic rings. The summed E-state index contributed by atoms with van der Waals surface area (Å²) in [5, 5.41) is 0.520. The molecule has 98 valence electrons. The Morgan fingerprint density at radius 2 is 1.84 bits per heavy atom. The maximum atomic E-state index is 11.9. The molecule has 0 N–H and O–H groups in total. The number of hydrogen-bond acceptors (Lipinski definition) is 4. The fourth-order valence-electron chi connectivity index (χ4n) is 1.78. The lowest BCUT2D eigenvalue weighted by Crippen LogP contribution is -2.34. The molecule has 1 unspecified atom stereocenters. The van der Waals surface area contributed by atoms with E-state index in [0.717, 1.165) is 0 Å². The number of fused-ring (bicyclic) bond motifs is 1. The van der Waals surface area contributed by atoms with Gasteiger partial charge in [0.2, 0.25) is 0 Å². The first-order chi connectivity index (χ1) is 9.06. The number of imide groups is 1. The molecule has 19 heavy (non-hydrogen) atoms. The standard InChI is InChI=1S/C14H13NO4/c1-3-6-9(2)14(18)19-15-12(16)10-7-4-5-8-11(10)13(15)17/h3-5,7-9H,1,6H2,2H3. The van der Waals surface area contributed by atoms with Crippen molar-refractivity contribution in [1.29, 1.82) is 0 Å². The average Bonchev–Trinajstić information content (AvgIpc) is 2.65. The zero-order valence-electron chi connectivity index (χ0n) is 10.5. The number of nitrogens with zero attached hydrogens (tertiary/aromatic N) is 1. The van der Waals surface area contributed by atoms with Crippen molar-refractivity contribution in [3.63, 3.8) is 0 Å². The van der Waals surface area contributed by atoms with Crippen LogP contribution in [0.15, 0.2) is 36.9 Å². The van der Waals surface area contributed by atoms with Crippen LogP contribution in [0.3, 0.4) is 0 Å². The summed E-state index contributed by atoms with van der Waals surface area (Å²) in [7, 11) is 0. The van der Waals surface area contributed by atoms with Gasteiger partial charge in [-0.1, -0.05) is 30.2 Å². The SMILES string of the molecule is C=CCC(C)C(=O)ON1C(=O)c2ccccc2C1=O. The molecule has 1 atom stereocenters. The first kappa shape index (κ1) is 13.0. The minimum Gasteiger partial charge on any atom is -0.329 e. The van der Waals surface area contributed by atoms with Crippen LogP contribution < -0.4 is 0 Å². The molecule has 0 fully saturated rings. The molecular formula is C14H13NO4. The maximum absolute atomic E-state index is 11.9. The van der Waals surface area contributed by atoms with E-state index in [4.69, 9.17) is 4.84 Å². The molecule has 1 aliphatic rings. The quantitative estimate of drug-likeness (QED) is 0.612. The van der Waals surface area contributed by atoms with Crippen LogP contribution in [0, 0.1) is 5.92 Å². The summed E-state index contributed by atoms with van der Waals surface area (Å²) in [5.41, 5.74) is 0.494. The van der Waals surface area contributed by atoms with E-state index in [0.29, 0.717) is 11.5 Å². The molecule has 5 heteroatoms. The highest BCUT2D eigenvalue weighted by molar-refractivity contribution is 6.20. The Bertz CT molecular complexity index is 529. The molecule has 1 aromatic carbocycles. The van der Waals surface area contributed by atoms with E-state index in [1.807, 2.05) is 0 Å². The van der Waals surface area contributed by atoms with E-state index in [2.05, 4.69) is 6.58 Å². The third kappa shape index (κ3) is 2.27. The van der Waals surface area contributed by atoms with Crippen molar-refractivity contribution in [3.8, 4) is 0 Å². The third-order valence-electron chi connectivity index (χ3n) is 2.86. The van der Waals surface area contributed by atoms with Gasteiger partial charge in [-0.2, -0.15) is 0 Å². The molecule has 1 aliphatic heterocycles. The predicted octanol–water partition coefficient (Wildman–Crippen LogP) is 1.95. The minimum absolute atomic E-state index is 0.247. The van der Waals surface area contributed by atoms with Gasteiger partial charge < -0.3 is 4.84 Å². The van der Waals surface area contributed by atoms with Crippen molar-refractivity contribution < 1.29 is 19.2 Å². The van der Waals surface area contributed by atoms with E-state index in [1.54, 1.807) is 25.1 Å². The van der Waals surface area contributed by atoms with Crippen LogP contribution in [-0.2, 0) is 9.63 Å². The fourth-order valence-corrected chi connectivity index (χ4v) is 1.78. The van der Waals surface area contributed by atoms with Crippen molar-refractivity contribution in [2.24, 2.45) is 5.92 Å². The highest BCUT2D eigenvalue weighted by Crippen LogP contribution is 2.23. The number of carbonyl (C=O) groups excluding carboxylic acids is 3. The zero-order valence-corrected chi connectivity index (χ0v) is 10.5. The summed E-state index contributed by atoms with van der Waals surface area (Å²) in [4.78, 5) is 40.5. The van der Waals surface area contributed by atoms with Gasteiger partial charge >= 0.3 is 5.97 Å². The van der Waals surface area contributed by atoms with Crippen molar-refractivity contribution in [2.45, 2.75) is 13.3 Å². The van der Waals surface area contributed by atoms with Crippen molar-refractivity contribution >= 4 is 17.8 Å². The van der Waals surface area contributed by atoms with E-state index in [-0.39, 0.29) is 11.1 Å². The molecule has 0 aliphatic carbocycles. The summed E-state index contributed by atoms with van der Waals surface area (Å²) in [5.74, 6) is -2.31. The Morgan fingerprint density at radius 1 is 1.32 bits per heavy atom. The second-order valence-corrected chi connectivity index (χ2v) is 4.29. The molecule has 1 heterocycles. The fraction of sp³-hybridized carbons (Fsp3) is 0.214. The van der Waals surface area contributed by atoms with Crippen LogP contribution in [0.4, 0.5) is 0 Å². The van der Waals surface area contributed by atoms with E-state index >= 15 is 0 Å². The van der Waals surface area contributed by atoms with Gasteiger partial charge in [-0.15, -0.1) is 6.58 Å². The highest BCUT2D eigenvalue weighted by atomic mass is 16.7. The van der Waals surface area contributed by atoms with Gasteiger partial charge in [0.25, 0.3) is 11.8 Å². The number of hydrogen-bond donors (Lipinski definition) is 0. The summed E-state index contributed by atoms with van der Waals surface area (Å²) in [6, 6.07) is 6.35. The lowest BCUT2D eigenvalue weighted by atomic mass is 10.1. The van der Waals surface area contributed by atoms with E-state index in [9.17, 15) is 14.4 Å². The minimum atomic E-state index is -0.630. The molecule has 0 aromatic heterocycles. The van der Waals surface area contributed by atoms with Gasteiger partial charge in [-0.3, -0.25) is 9.59 Å². The smallest absolute Gasteiger partial charge is 0.329 e. The summed E-state index contributed by atoms with van der Waals surface area (Å²) in [6.45, 7) is 5.16. The van der Waals surface area contributed by atoms with Gasteiger partial charge in [0.15, 0.2) is 0 Å². The lowest BCUT2D eigenvalue weighted by molar-refractivity contribution is -0.172. The first-order valence-corrected chi connectivity index (χ1v) is 5.86.